The van der Waals surface area contributed by atoms with Gasteiger partial charge in [-0.3, -0.25) is 4.79 Å². The van der Waals surface area contributed by atoms with Gasteiger partial charge < -0.3 is 10.6 Å². The Hall–Kier alpha value is -2.41. The molecular formula is C16H14F4N2O. The molecule has 0 spiro atoms. The van der Waals surface area contributed by atoms with Gasteiger partial charge in [0.2, 0.25) is 5.91 Å². The molecule has 0 aromatic heterocycles. The minimum atomic E-state index is -1.64. The maximum Gasteiger partial charge on any atom is 0.238 e. The third kappa shape index (κ3) is 4.29. The van der Waals surface area contributed by atoms with Crippen molar-refractivity contribution in [1.82, 2.24) is 5.32 Å². The van der Waals surface area contributed by atoms with Gasteiger partial charge >= 0.3 is 0 Å². The number of nitrogens with one attached hydrogen (secondary N) is 2. The van der Waals surface area contributed by atoms with Crippen molar-refractivity contribution in [2.75, 3.05) is 11.9 Å². The normalized spacial score (nSPS) is 12.0. The second-order valence-electron chi connectivity index (χ2n) is 4.93. The Morgan fingerprint density at radius 2 is 1.65 bits per heavy atom. The van der Waals surface area contributed by atoms with Crippen molar-refractivity contribution in [2.24, 2.45) is 0 Å². The van der Waals surface area contributed by atoms with Gasteiger partial charge in [0.15, 0.2) is 17.5 Å². The van der Waals surface area contributed by atoms with Gasteiger partial charge in [-0.2, -0.15) is 0 Å². The molecule has 1 atom stereocenters. The molecule has 3 nitrogen and oxygen atoms in total. The van der Waals surface area contributed by atoms with Crippen LogP contribution in [0.15, 0.2) is 36.4 Å². The van der Waals surface area contributed by atoms with E-state index in [4.69, 9.17) is 0 Å². The second kappa shape index (κ2) is 7.23. The minimum absolute atomic E-state index is 0.184. The number of halogens is 4. The van der Waals surface area contributed by atoms with Crippen molar-refractivity contribution < 1.29 is 22.4 Å². The number of benzene rings is 2. The molecule has 23 heavy (non-hydrogen) atoms. The Morgan fingerprint density at radius 3 is 2.30 bits per heavy atom. The SMILES string of the molecule is C[C@@H](NCC(=O)Nc1ccc(F)c(F)c1F)c1ccc(F)cc1. The van der Waals surface area contributed by atoms with E-state index >= 15 is 0 Å². The smallest absolute Gasteiger partial charge is 0.238 e. The fourth-order valence-electron chi connectivity index (χ4n) is 1.93. The van der Waals surface area contributed by atoms with Gasteiger partial charge in [-0.25, -0.2) is 17.6 Å². The first-order chi connectivity index (χ1) is 10.9. The van der Waals surface area contributed by atoms with E-state index in [-0.39, 0.29) is 18.4 Å². The van der Waals surface area contributed by atoms with Crippen LogP contribution in [0.5, 0.6) is 0 Å². The van der Waals surface area contributed by atoms with Crippen molar-refractivity contribution in [1.29, 1.82) is 0 Å². The molecule has 2 N–H and O–H groups in total. The Bertz CT molecular complexity index is 704. The molecule has 7 heteroatoms. The largest absolute Gasteiger partial charge is 0.322 e. The van der Waals surface area contributed by atoms with Crippen LogP contribution in [0.3, 0.4) is 0 Å². The fraction of sp³-hybridized carbons (Fsp3) is 0.188. The van der Waals surface area contributed by atoms with E-state index in [1.54, 1.807) is 19.1 Å². The topological polar surface area (TPSA) is 41.1 Å². The van der Waals surface area contributed by atoms with Crippen LogP contribution >= 0.6 is 0 Å². The summed E-state index contributed by atoms with van der Waals surface area (Å²) in [6.45, 7) is 1.58. The Balaban J connectivity index is 1.93. The summed E-state index contributed by atoms with van der Waals surface area (Å²) in [6.07, 6.45) is 0. The summed E-state index contributed by atoms with van der Waals surface area (Å²) in [5, 5.41) is 5.01. The molecular weight excluding hydrogens is 312 g/mol. The zero-order chi connectivity index (χ0) is 17.0. The van der Waals surface area contributed by atoms with Crippen LogP contribution in [-0.2, 0) is 4.79 Å². The first kappa shape index (κ1) is 17.0. The standard InChI is InChI=1S/C16H14F4N2O/c1-9(10-2-4-11(17)5-3-10)21-8-14(23)22-13-7-6-12(18)15(19)16(13)20/h2-7,9,21H,8H2,1H3,(H,22,23)/t9-/m1/s1. The number of carbonyl (C=O) groups excluding carboxylic acids is 1. The lowest BCUT2D eigenvalue weighted by Gasteiger charge is -2.14. The number of hydrogen-bond donors (Lipinski definition) is 2. The van der Waals surface area contributed by atoms with Crippen molar-refractivity contribution >= 4 is 11.6 Å². The van der Waals surface area contributed by atoms with E-state index < -0.39 is 29.0 Å². The van der Waals surface area contributed by atoms with Gasteiger partial charge in [0.05, 0.1) is 12.2 Å². The molecule has 0 aliphatic carbocycles. The predicted molar refractivity (Wildman–Crippen MR) is 77.8 cm³/mol. The summed E-state index contributed by atoms with van der Waals surface area (Å²) in [6, 6.07) is 7.14. The third-order valence-corrected chi connectivity index (χ3v) is 3.25. The lowest BCUT2D eigenvalue weighted by molar-refractivity contribution is -0.115. The van der Waals surface area contributed by atoms with Gasteiger partial charge in [0, 0.05) is 6.04 Å². The van der Waals surface area contributed by atoms with Gasteiger partial charge in [-0.15, -0.1) is 0 Å². The van der Waals surface area contributed by atoms with Crippen molar-refractivity contribution in [2.45, 2.75) is 13.0 Å². The Kier molecular flexibility index (Phi) is 5.33. The number of anilines is 1. The zero-order valence-corrected chi connectivity index (χ0v) is 12.2. The van der Waals surface area contributed by atoms with Gasteiger partial charge in [-0.05, 0) is 36.8 Å². The summed E-state index contributed by atoms with van der Waals surface area (Å²) in [4.78, 5) is 11.7. The van der Waals surface area contributed by atoms with Gasteiger partial charge in [0.1, 0.15) is 5.82 Å². The van der Waals surface area contributed by atoms with E-state index in [1.807, 2.05) is 0 Å². The first-order valence-electron chi connectivity index (χ1n) is 6.80. The summed E-state index contributed by atoms with van der Waals surface area (Å²) in [7, 11) is 0. The highest BCUT2D eigenvalue weighted by Crippen LogP contribution is 2.19. The van der Waals surface area contributed by atoms with Gasteiger partial charge in [0.25, 0.3) is 0 Å². The Morgan fingerprint density at radius 1 is 1.00 bits per heavy atom. The molecule has 2 rings (SSSR count). The summed E-state index contributed by atoms with van der Waals surface area (Å²) < 4.78 is 52.1. The lowest BCUT2D eigenvalue weighted by atomic mass is 10.1. The number of rotatable bonds is 5. The molecule has 0 aliphatic rings. The number of carbonyl (C=O) groups is 1. The average molecular weight is 326 g/mol. The number of hydrogen-bond acceptors (Lipinski definition) is 2. The minimum Gasteiger partial charge on any atom is -0.322 e. The summed E-state index contributed by atoms with van der Waals surface area (Å²) in [5.74, 6) is -5.42. The molecule has 0 saturated carbocycles. The molecule has 2 aromatic carbocycles. The highest BCUT2D eigenvalue weighted by molar-refractivity contribution is 5.92. The van der Waals surface area contributed by atoms with E-state index in [0.29, 0.717) is 0 Å². The first-order valence-corrected chi connectivity index (χ1v) is 6.80. The highest BCUT2D eigenvalue weighted by atomic mass is 19.2. The van der Waals surface area contributed by atoms with E-state index in [9.17, 15) is 22.4 Å². The van der Waals surface area contributed by atoms with Crippen molar-refractivity contribution in [3.05, 3.63) is 65.2 Å². The van der Waals surface area contributed by atoms with Crippen LogP contribution in [0.25, 0.3) is 0 Å². The zero-order valence-electron chi connectivity index (χ0n) is 12.2. The molecule has 122 valence electrons. The highest BCUT2D eigenvalue weighted by Gasteiger charge is 2.15. The van der Waals surface area contributed by atoms with Gasteiger partial charge in [-0.1, -0.05) is 12.1 Å². The molecule has 0 fully saturated rings. The molecule has 2 aromatic rings. The van der Waals surface area contributed by atoms with Crippen molar-refractivity contribution in [3.63, 3.8) is 0 Å². The maximum atomic E-state index is 13.4. The monoisotopic (exact) mass is 326 g/mol. The predicted octanol–water partition coefficient (Wildman–Crippen LogP) is 3.53. The molecule has 0 radical (unpaired) electrons. The summed E-state index contributed by atoms with van der Waals surface area (Å²) >= 11 is 0. The van der Waals surface area contributed by atoms with Crippen LogP contribution in [0, 0.1) is 23.3 Å². The molecule has 0 aliphatic heterocycles. The fourth-order valence-corrected chi connectivity index (χ4v) is 1.93. The lowest BCUT2D eigenvalue weighted by Crippen LogP contribution is -2.30. The van der Waals surface area contributed by atoms with E-state index in [1.165, 1.54) is 12.1 Å². The van der Waals surface area contributed by atoms with E-state index in [2.05, 4.69) is 10.6 Å². The molecule has 0 unspecified atom stereocenters. The second-order valence-corrected chi connectivity index (χ2v) is 4.93. The molecule has 0 saturated heterocycles. The maximum absolute atomic E-state index is 13.4. The van der Waals surface area contributed by atoms with Crippen LogP contribution < -0.4 is 10.6 Å². The average Bonchev–Trinajstić information content (AvgIpc) is 2.54. The molecule has 0 bridgehead atoms. The van der Waals surface area contributed by atoms with Crippen molar-refractivity contribution in [3.8, 4) is 0 Å². The third-order valence-electron chi connectivity index (χ3n) is 3.25. The Labute approximate surface area is 130 Å². The molecule has 1 amide bonds. The summed E-state index contributed by atoms with van der Waals surface area (Å²) in [5.41, 5.74) is 0.323. The van der Waals surface area contributed by atoms with E-state index in [0.717, 1.165) is 17.7 Å². The van der Waals surface area contributed by atoms with Crippen LogP contribution in [0.2, 0.25) is 0 Å². The van der Waals surface area contributed by atoms with Crippen LogP contribution in [-0.4, -0.2) is 12.5 Å². The van der Waals surface area contributed by atoms with Crippen LogP contribution in [0.4, 0.5) is 23.2 Å². The van der Waals surface area contributed by atoms with Crippen LogP contribution in [0.1, 0.15) is 18.5 Å². The molecule has 0 heterocycles. The number of amides is 1. The quantitative estimate of drug-likeness (QED) is 0.652.